The van der Waals surface area contributed by atoms with Gasteiger partial charge >= 0.3 is 0 Å². The smallest absolute Gasteiger partial charge is 0.150 e. The molecule has 0 radical (unpaired) electrons. The molecule has 156 valence electrons. The monoisotopic (exact) mass is 418 g/mol. The molecule has 1 fully saturated rings. The summed E-state index contributed by atoms with van der Waals surface area (Å²) in [6, 6.07) is 15.6. The summed E-state index contributed by atoms with van der Waals surface area (Å²) in [6.45, 7) is 11.0. The van der Waals surface area contributed by atoms with Crippen LogP contribution in [-0.4, -0.2) is 48.5 Å². The molecule has 0 aliphatic carbocycles. The van der Waals surface area contributed by atoms with Crippen molar-refractivity contribution in [2.24, 2.45) is 0 Å². The number of hydrogen-bond donors (Lipinski definition) is 1. The van der Waals surface area contributed by atoms with Crippen LogP contribution < -0.4 is 10.2 Å². The molecule has 2 aliphatic rings. The van der Waals surface area contributed by atoms with Crippen LogP contribution >= 0.6 is 11.5 Å². The second-order valence-electron chi connectivity index (χ2n) is 8.40. The third kappa shape index (κ3) is 3.72. The van der Waals surface area contributed by atoms with E-state index in [1.807, 2.05) is 0 Å². The average Bonchev–Trinajstić information content (AvgIpc) is 3.23. The van der Waals surface area contributed by atoms with Gasteiger partial charge in [-0.2, -0.15) is 4.37 Å². The first kappa shape index (κ1) is 19.6. The summed E-state index contributed by atoms with van der Waals surface area (Å²) in [5.74, 6) is 1.17. The molecule has 2 aromatic carbocycles. The fraction of sp³-hybridized carbons (Fsp3) is 0.400. The molecule has 0 atom stereocenters. The Hall–Kier alpha value is -2.37. The summed E-state index contributed by atoms with van der Waals surface area (Å²) in [7, 11) is 0. The minimum atomic E-state index is 0.993. The van der Waals surface area contributed by atoms with E-state index in [-0.39, 0.29) is 0 Å². The first-order valence-corrected chi connectivity index (χ1v) is 11.9. The molecule has 3 heterocycles. The molecule has 1 saturated heterocycles. The van der Waals surface area contributed by atoms with Gasteiger partial charge in [0.25, 0.3) is 0 Å². The van der Waals surface area contributed by atoms with Crippen LogP contribution in [0.2, 0.25) is 0 Å². The molecule has 0 unspecified atom stereocenters. The van der Waals surface area contributed by atoms with Crippen LogP contribution in [0.3, 0.4) is 0 Å². The molecular formula is C25H30N4S. The summed E-state index contributed by atoms with van der Waals surface area (Å²) in [5.41, 5.74) is 7.14. The zero-order valence-corrected chi connectivity index (χ0v) is 18.8. The van der Waals surface area contributed by atoms with Crippen LogP contribution in [0.25, 0.3) is 15.7 Å². The predicted molar refractivity (Wildman–Crippen MR) is 130 cm³/mol. The van der Waals surface area contributed by atoms with Crippen molar-refractivity contribution >= 4 is 38.7 Å². The number of benzene rings is 2. The Morgan fingerprint density at radius 2 is 1.90 bits per heavy atom. The Bertz CT molecular complexity index is 1080. The molecule has 0 amide bonds. The van der Waals surface area contributed by atoms with E-state index in [9.17, 15) is 0 Å². The Kier molecular flexibility index (Phi) is 5.48. The molecule has 1 N–H and O–H groups in total. The molecule has 0 spiro atoms. The van der Waals surface area contributed by atoms with Crippen molar-refractivity contribution in [1.29, 1.82) is 0 Å². The first-order valence-electron chi connectivity index (χ1n) is 11.1. The molecule has 3 aromatic rings. The third-order valence-electron chi connectivity index (χ3n) is 6.68. The summed E-state index contributed by atoms with van der Waals surface area (Å²) >= 11 is 1.61. The molecule has 1 aromatic heterocycles. The van der Waals surface area contributed by atoms with Gasteiger partial charge in [-0.3, -0.25) is 4.90 Å². The second kappa shape index (κ2) is 8.40. The van der Waals surface area contributed by atoms with Crippen LogP contribution in [0.4, 0.5) is 11.5 Å². The number of hydrogen-bond acceptors (Lipinski definition) is 5. The number of aromatic nitrogens is 1. The Labute approximate surface area is 183 Å². The van der Waals surface area contributed by atoms with E-state index in [4.69, 9.17) is 4.37 Å². The maximum absolute atomic E-state index is 4.74. The molecule has 30 heavy (non-hydrogen) atoms. The number of allylic oxidation sites excluding steroid dienone is 1. The zero-order valence-electron chi connectivity index (χ0n) is 17.9. The van der Waals surface area contributed by atoms with Gasteiger partial charge in [0.1, 0.15) is 5.82 Å². The van der Waals surface area contributed by atoms with E-state index in [1.165, 1.54) is 43.9 Å². The molecule has 0 bridgehead atoms. The minimum Gasteiger partial charge on any atom is -0.381 e. The number of nitrogens with zero attached hydrogens (tertiary/aromatic N) is 3. The highest BCUT2D eigenvalue weighted by Crippen LogP contribution is 2.33. The van der Waals surface area contributed by atoms with E-state index in [0.717, 1.165) is 52.1 Å². The highest BCUT2D eigenvalue weighted by molar-refractivity contribution is 7.13. The maximum Gasteiger partial charge on any atom is 0.150 e. The Morgan fingerprint density at radius 1 is 1.07 bits per heavy atom. The lowest BCUT2D eigenvalue weighted by atomic mass is 9.92. The van der Waals surface area contributed by atoms with Crippen molar-refractivity contribution in [3.05, 3.63) is 59.2 Å². The van der Waals surface area contributed by atoms with Gasteiger partial charge < -0.3 is 10.2 Å². The van der Waals surface area contributed by atoms with Crippen LogP contribution in [0, 0.1) is 0 Å². The van der Waals surface area contributed by atoms with Crippen molar-refractivity contribution in [3.8, 4) is 0 Å². The van der Waals surface area contributed by atoms with Gasteiger partial charge in [-0.05, 0) is 72.3 Å². The normalized spacial score (nSPS) is 17.3. The minimum absolute atomic E-state index is 0.993. The third-order valence-corrected chi connectivity index (χ3v) is 7.50. The molecule has 4 nitrogen and oxygen atoms in total. The summed E-state index contributed by atoms with van der Waals surface area (Å²) in [4.78, 5) is 5.06. The lowest BCUT2D eigenvalue weighted by Crippen LogP contribution is -2.47. The molecule has 2 aliphatic heterocycles. The van der Waals surface area contributed by atoms with Gasteiger partial charge in [0.2, 0.25) is 0 Å². The van der Waals surface area contributed by atoms with Crippen molar-refractivity contribution < 1.29 is 0 Å². The van der Waals surface area contributed by atoms with Gasteiger partial charge in [-0.25, -0.2) is 0 Å². The van der Waals surface area contributed by atoms with E-state index >= 15 is 0 Å². The van der Waals surface area contributed by atoms with E-state index in [1.54, 1.807) is 11.5 Å². The van der Waals surface area contributed by atoms with Crippen LogP contribution in [0.5, 0.6) is 0 Å². The number of nitrogens with one attached hydrogen (secondary N) is 1. The SMILES string of the molecule is CCC1=C(C)c2cc(CCN3CCN(c4nsc5ccccc45)CC3)ccc2NC1. The van der Waals surface area contributed by atoms with E-state index in [2.05, 4.69) is 71.4 Å². The lowest BCUT2D eigenvalue weighted by molar-refractivity contribution is 0.261. The Balaban J connectivity index is 1.20. The fourth-order valence-corrected chi connectivity index (χ4v) is 5.49. The van der Waals surface area contributed by atoms with Crippen molar-refractivity contribution in [3.63, 3.8) is 0 Å². The number of rotatable bonds is 5. The largest absolute Gasteiger partial charge is 0.381 e. The average molecular weight is 419 g/mol. The van der Waals surface area contributed by atoms with E-state index < -0.39 is 0 Å². The quantitative estimate of drug-likeness (QED) is 0.612. The van der Waals surface area contributed by atoms with Crippen molar-refractivity contribution in [2.45, 2.75) is 26.7 Å². The summed E-state index contributed by atoms with van der Waals surface area (Å²) in [5, 5.41) is 4.88. The molecule has 5 rings (SSSR count). The summed E-state index contributed by atoms with van der Waals surface area (Å²) < 4.78 is 6.02. The molecular weight excluding hydrogens is 388 g/mol. The van der Waals surface area contributed by atoms with Crippen molar-refractivity contribution in [1.82, 2.24) is 9.27 Å². The van der Waals surface area contributed by atoms with Gasteiger partial charge in [0.05, 0.1) is 4.70 Å². The van der Waals surface area contributed by atoms with Gasteiger partial charge in [-0.15, -0.1) is 0 Å². The van der Waals surface area contributed by atoms with Gasteiger partial charge in [0.15, 0.2) is 0 Å². The highest BCUT2D eigenvalue weighted by Gasteiger charge is 2.21. The topological polar surface area (TPSA) is 31.4 Å². The Morgan fingerprint density at radius 3 is 2.73 bits per heavy atom. The second-order valence-corrected chi connectivity index (χ2v) is 9.20. The fourth-order valence-electron chi connectivity index (χ4n) is 4.70. The van der Waals surface area contributed by atoms with Crippen LogP contribution in [0.15, 0.2) is 48.0 Å². The number of anilines is 2. The van der Waals surface area contributed by atoms with Gasteiger partial charge in [0, 0.05) is 55.9 Å². The van der Waals surface area contributed by atoms with Crippen molar-refractivity contribution in [2.75, 3.05) is 49.5 Å². The lowest BCUT2D eigenvalue weighted by Gasteiger charge is -2.35. The molecule has 5 heteroatoms. The van der Waals surface area contributed by atoms with Crippen LogP contribution in [0.1, 0.15) is 31.4 Å². The van der Waals surface area contributed by atoms with E-state index in [0.29, 0.717) is 0 Å². The zero-order chi connectivity index (χ0) is 20.5. The van der Waals surface area contributed by atoms with Gasteiger partial charge in [-0.1, -0.05) is 25.1 Å². The maximum atomic E-state index is 4.74. The highest BCUT2D eigenvalue weighted by atomic mass is 32.1. The first-order chi connectivity index (χ1) is 14.7. The number of fused-ring (bicyclic) bond motifs is 2. The van der Waals surface area contributed by atoms with Crippen LogP contribution in [-0.2, 0) is 6.42 Å². The predicted octanol–water partition coefficient (Wildman–Crippen LogP) is 5.27. The number of piperazine rings is 1. The summed E-state index contributed by atoms with van der Waals surface area (Å²) in [6.07, 6.45) is 2.24. The molecule has 0 saturated carbocycles. The standard InChI is InChI=1S/C25H30N4S/c1-3-20-17-26-23-9-8-19(16-22(23)18(20)2)10-11-28-12-14-29(15-13-28)25-21-6-4-5-7-24(21)30-27-25/h4-9,16,26H,3,10-15,17H2,1-2H3.